The Balaban J connectivity index is 1.25. The molecule has 0 saturated carbocycles. The second kappa shape index (κ2) is 11.9. The fraction of sp³-hybridized carbons (Fsp3) is 0.0714. The number of rotatable bonds is 10. The summed E-state index contributed by atoms with van der Waals surface area (Å²) < 4.78 is 39.4. The van der Waals surface area contributed by atoms with Gasteiger partial charge in [-0.05, 0) is 54.6 Å². The van der Waals surface area contributed by atoms with Crippen LogP contribution in [0.3, 0.4) is 0 Å². The molecule has 11 heteroatoms. The number of fused-ring (bicyclic) bond motifs is 1. The van der Waals surface area contributed by atoms with Crippen LogP contribution < -0.4 is 14.8 Å². The van der Waals surface area contributed by atoms with Gasteiger partial charge >= 0.3 is 0 Å². The number of amides is 1. The van der Waals surface area contributed by atoms with Crippen LogP contribution in [0.4, 0.5) is 11.4 Å². The Kier molecular flexibility index (Phi) is 8.10. The molecule has 0 fully saturated rings. The molecule has 0 aliphatic heterocycles. The van der Waals surface area contributed by atoms with E-state index in [0.29, 0.717) is 28.2 Å². The maximum Gasteiger partial charge on any atom is 0.262 e. The van der Waals surface area contributed by atoms with Crippen LogP contribution >= 0.6 is 23.5 Å². The molecule has 0 radical (unpaired) electrons. The monoisotopic (exact) mass is 577 g/mol. The lowest BCUT2D eigenvalue weighted by atomic mass is 10.3. The first-order valence-corrected chi connectivity index (χ1v) is 15.0. The largest absolute Gasteiger partial charge is 0.495 e. The fourth-order valence-electron chi connectivity index (χ4n) is 3.64. The molecule has 0 saturated heterocycles. The van der Waals surface area contributed by atoms with Crippen LogP contribution in [0, 0.1) is 0 Å². The smallest absolute Gasteiger partial charge is 0.262 e. The molecule has 0 unspecified atom stereocenters. The molecule has 0 aliphatic carbocycles. The van der Waals surface area contributed by atoms with Crippen molar-refractivity contribution < 1.29 is 22.4 Å². The Morgan fingerprint density at radius 1 is 0.923 bits per heavy atom. The van der Waals surface area contributed by atoms with Crippen molar-refractivity contribution in [1.82, 2.24) is 4.98 Å². The summed E-state index contributed by atoms with van der Waals surface area (Å²) in [6.07, 6.45) is 0. The molecular formula is C28H23N3O5S3. The second-order valence-corrected chi connectivity index (χ2v) is 11.9. The minimum atomic E-state index is -3.90. The summed E-state index contributed by atoms with van der Waals surface area (Å²) in [7, 11) is -2.43. The molecule has 4 aromatic carbocycles. The van der Waals surface area contributed by atoms with Crippen molar-refractivity contribution in [2.45, 2.75) is 19.9 Å². The Labute approximate surface area is 234 Å². The minimum absolute atomic E-state index is 0.0241. The summed E-state index contributed by atoms with van der Waals surface area (Å²) in [5, 5.41) is 3.21. The number of nitrogens with one attached hydrogen (secondary N) is 2. The van der Waals surface area contributed by atoms with Gasteiger partial charge in [-0.15, -0.1) is 0 Å². The van der Waals surface area contributed by atoms with Gasteiger partial charge in [0, 0.05) is 9.79 Å². The first-order valence-electron chi connectivity index (χ1n) is 11.7. The van der Waals surface area contributed by atoms with Gasteiger partial charge < -0.3 is 14.5 Å². The van der Waals surface area contributed by atoms with Crippen LogP contribution in [0.2, 0.25) is 0 Å². The van der Waals surface area contributed by atoms with Gasteiger partial charge in [-0.25, -0.2) is 13.4 Å². The number of thioether (sulfide) groups is 1. The van der Waals surface area contributed by atoms with E-state index in [1.54, 1.807) is 42.1 Å². The van der Waals surface area contributed by atoms with E-state index < -0.39 is 10.0 Å². The number of ether oxygens (including phenoxy) is 1. The molecule has 39 heavy (non-hydrogen) atoms. The summed E-state index contributed by atoms with van der Waals surface area (Å²) >= 11 is 2.69. The third-order valence-corrected chi connectivity index (χ3v) is 8.73. The van der Waals surface area contributed by atoms with Gasteiger partial charge in [0.15, 0.2) is 5.58 Å². The average molecular weight is 578 g/mol. The zero-order chi connectivity index (χ0) is 27.2. The number of carbonyl (C=O) groups excluding carboxylic acids is 1. The van der Waals surface area contributed by atoms with Crippen LogP contribution in [-0.2, 0) is 14.8 Å². The second-order valence-electron chi connectivity index (χ2n) is 8.16. The van der Waals surface area contributed by atoms with E-state index in [-0.39, 0.29) is 21.8 Å². The molecule has 8 nitrogen and oxygen atoms in total. The number of anilines is 2. The predicted octanol–water partition coefficient (Wildman–Crippen LogP) is 6.52. The lowest BCUT2D eigenvalue weighted by molar-refractivity contribution is -0.113. The Morgan fingerprint density at radius 2 is 1.64 bits per heavy atom. The highest BCUT2D eigenvalue weighted by atomic mass is 32.2. The van der Waals surface area contributed by atoms with Crippen molar-refractivity contribution >= 4 is 61.9 Å². The molecule has 1 aromatic heterocycles. The molecule has 2 N–H and O–H groups in total. The number of hydrogen-bond donors (Lipinski definition) is 2. The minimum Gasteiger partial charge on any atom is -0.495 e. The number of para-hydroxylation sites is 3. The van der Waals surface area contributed by atoms with Crippen molar-refractivity contribution in [3.63, 3.8) is 0 Å². The highest BCUT2D eigenvalue weighted by Gasteiger charge is 2.19. The molecular weight excluding hydrogens is 555 g/mol. The first-order chi connectivity index (χ1) is 18.9. The van der Waals surface area contributed by atoms with E-state index in [9.17, 15) is 13.2 Å². The number of benzene rings is 4. The van der Waals surface area contributed by atoms with Crippen LogP contribution in [0.1, 0.15) is 0 Å². The van der Waals surface area contributed by atoms with E-state index in [1.807, 2.05) is 54.6 Å². The predicted molar refractivity (Wildman–Crippen MR) is 154 cm³/mol. The molecule has 0 atom stereocenters. The average Bonchev–Trinajstić information content (AvgIpc) is 3.36. The third kappa shape index (κ3) is 6.56. The number of oxazole rings is 1. The number of aromatic nitrogens is 1. The normalized spacial score (nSPS) is 11.3. The van der Waals surface area contributed by atoms with E-state index in [1.165, 1.54) is 19.2 Å². The number of methoxy groups -OCH3 is 1. The third-order valence-electron chi connectivity index (χ3n) is 5.46. The van der Waals surface area contributed by atoms with Crippen molar-refractivity contribution in [3.8, 4) is 5.75 Å². The number of carbonyl (C=O) groups is 1. The van der Waals surface area contributed by atoms with Crippen LogP contribution in [0.5, 0.6) is 5.75 Å². The molecule has 5 aromatic rings. The number of hydrogen-bond acceptors (Lipinski definition) is 8. The van der Waals surface area contributed by atoms with E-state index in [2.05, 4.69) is 15.0 Å². The van der Waals surface area contributed by atoms with E-state index >= 15 is 0 Å². The summed E-state index contributed by atoms with van der Waals surface area (Å²) in [4.78, 5) is 19.1. The molecule has 198 valence electrons. The molecule has 0 aliphatic rings. The first kappa shape index (κ1) is 26.7. The van der Waals surface area contributed by atoms with E-state index in [4.69, 9.17) is 9.15 Å². The fourth-order valence-corrected chi connectivity index (χ4v) is 6.29. The number of sulfonamides is 1. The molecule has 0 bridgehead atoms. The maximum absolute atomic E-state index is 13.0. The van der Waals surface area contributed by atoms with Crippen LogP contribution in [0.25, 0.3) is 11.1 Å². The summed E-state index contributed by atoms with van der Waals surface area (Å²) in [6, 6.07) is 28.7. The van der Waals surface area contributed by atoms with Gasteiger partial charge in [-0.1, -0.05) is 66.0 Å². The van der Waals surface area contributed by atoms with Crippen LogP contribution in [-0.4, -0.2) is 32.2 Å². The Bertz CT molecular complexity index is 1720. The standard InChI is InChI=1S/C28H23N3O5S3/c1-35-24-13-7-5-11-21(24)31-39(33,34)20-15-16-25-23(17-20)30-28(36-25)37-18-27(32)29-22-12-6-8-14-26(22)38-19-9-3-2-4-10-19/h2-17,31H,18H2,1H3,(H,29,32). The highest BCUT2D eigenvalue weighted by molar-refractivity contribution is 8.00. The van der Waals surface area contributed by atoms with Gasteiger partial charge in [-0.2, -0.15) is 0 Å². The van der Waals surface area contributed by atoms with Gasteiger partial charge in [0.05, 0.1) is 29.1 Å². The lowest BCUT2D eigenvalue weighted by Crippen LogP contribution is -2.14. The van der Waals surface area contributed by atoms with Gasteiger partial charge in [0.2, 0.25) is 5.91 Å². The number of nitrogens with zero attached hydrogens (tertiary/aromatic N) is 1. The molecule has 1 heterocycles. The molecule has 0 spiro atoms. The molecule has 1 amide bonds. The summed E-state index contributed by atoms with van der Waals surface area (Å²) in [6.45, 7) is 0. The van der Waals surface area contributed by atoms with Crippen molar-refractivity contribution in [2.24, 2.45) is 0 Å². The zero-order valence-electron chi connectivity index (χ0n) is 20.7. The van der Waals surface area contributed by atoms with Gasteiger partial charge in [0.1, 0.15) is 11.3 Å². The van der Waals surface area contributed by atoms with Crippen LogP contribution in [0.15, 0.2) is 121 Å². The zero-order valence-corrected chi connectivity index (χ0v) is 23.1. The van der Waals surface area contributed by atoms with Crippen molar-refractivity contribution in [1.29, 1.82) is 0 Å². The SMILES string of the molecule is COc1ccccc1NS(=O)(=O)c1ccc2oc(SCC(=O)Nc3ccccc3Sc3ccccc3)nc2c1. The topological polar surface area (TPSA) is 111 Å². The van der Waals surface area contributed by atoms with Gasteiger partial charge in [-0.3, -0.25) is 9.52 Å². The maximum atomic E-state index is 13.0. The van der Waals surface area contributed by atoms with Crippen molar-refractivity contribution in [3.05, 3.63) is 97.1 Å². The highest BCUT2D eigenvalue weighted by Crippen LogP contribution is 2.34. The quantitative estimate of drug-likeness (QED) is 0.181. The Morgan fingerprint density at radius 3 is 2.44 bits per heavy atom. The van der Waals surface area contributed by atoms with Crippen molar-refractivity contribution in [2.75, 3.05) is 22.9 Å². The van der Waals surface area contributed by atoms with Gasteiger partial charge in [0.25, 0.3) is 15.2 Å². The Hall–Kier alpha value is -3.93. The molecule has 5 rings (SSSR count). The van der Waals surface area contributed by atoms with E-state index in [0.717, 1.165) is 21.6 Å². The lowest BCUT2D eigenvalue weighted by Gasteiger charge is -2.11. The summed E-state index contributed by atoms with van der Waals surface area (Å²) in [5.41, 5.74) is 1.82. The summed E-state index contributed by atoms with van der Waals surface area (Å²) in [5.74, 6) is 0.256.